The Balaban J connectivity index is 2.74. The molecule has 0 aliphatic heterocycles. The van der Waals surface area contributed by atoms with E-state index in [-0.39, 0.29) is 12.4 Å². The maximum absolute atomic E-state index is 10.2. The first kappa shape index (κ1) is 7.46. The Bertz CT molecular complexity index is 257. The number of carbonyl (C=O) groups is 1. The minimum absolute atomic E-state index is 0.0692. The van der Waals surface area contributed by atoms with Crippen molar-refractivity contribution >= 4 is 11.9 Å². The number of hydrogen-bond donors (Lipinski definition) is 2. The summed E-state index contributed by atoms with van der Waals surface area (Å²) in [7, 11) is 0. The van der Waals surface area contributed by atoms with Gasteiger partial charge in [0, 0.05) is 18.0 Å². The van der Waals surface area contributed by atoms with Crippen LogP contribution in [0.2, 0.25) is 0 Å². The molecule has 11 heavy (non-hydrogen) atoms. The molecule has 0 aliphatic carbocycles. The third kappa shape index (κ3) is 2.21. The van der Waals surface area contributed by atoms with Gasteiger partial charge in [0.15, 0.2) is 0 Å². The van der Waals surface area contributed by atoms with Crippen LogP contribution in [0.5, 0.6) is 0 Å². The molecular formula is C6H7N3O2. The van der Waals surface area contributed by atoms with Crippen molar-refractivity contribution in [3.05, 3.63) is 18.0 Å². The van der Waals surface area contributed by atoms with Crippen molar-refractivity contribution in [1.29, 1.82) is 0 Å². The molecule has 0 bridgehead atoms. The second-order valence-electron chi connectivity index (χ2n) is 2.02. The lowest BCUT2D eigenvalue weighted by molar-refractivity contribution is -0.136. The van der Waals surface area contributed by atoms with Crippen molar-refractivity contribution in [3.63, 3.8) is 0 Å². The van der Waals surface area contributed by atoms with E-state index in [1.165, 1.54) is 12.4 Å². The maximum atomic E-state index is 10.2. The maximum Gasteiger partial charge on any atom is 0.307 e. The summed E-state index contributed by atoms with van der Waals surface area (Å²) in [6.07, 6.45) is 2.73. The van der Waals surface area contributed by atoms with E-state index in [2.05, 4.69) is 9.97 Å². The van der Waals surface area contributed by atoms with Crippen molar-refractivity contribution in [3.8, 4) is 0 Å². The molecule has 1 aromatic heterocycles. The molecule has 0 saturated heterocycles. The average Bonchev–Trinajstić information content (AvgIpc) is 1.93. The number of nitrogens with two attached hydrogens (primary N) is 1. The second-order valence-corrected chi connectivity index (χ2v) is 2.02. The summed E-state index contributed by atoms with van der Waals surface area (Å²) in [5.41, 5.74) is 5.74. The van der Waals surface area contributed by atoms with E-state index in [4.69, 9.17) is 10.8 Å². The van der Waals surface area contributed by atoms with Crippen LogP contribution in [0.1, 0.15) is 5.56 Å². The van der Waals surface area contributed by atoms with Gasteiger partial charge in [0.1, 0.15) is 0 Å². The highest BCUT2D eigenvalue weighted by Crippen LogP contribution is 1.97. The lowest BCUT2D eigenvalue weighted by atomic mass is 10.2. The minimum Gasteiger partial charge on any atom is -0.481 e. The number of carboxylic acid groups (broad SMARTS) is 1. The van der Waals surface area contributed by atoms with Gasteiger partial charge in [-0.3, -0.25) is 4.79 Å². The number of rotatable bonds is 2. The van der Waals surface area contributed by atoms with Gasteiger partial charge in [-0.15, -0.1) is 0 Å². The number of aliphatic carboxylic acids is 1. The van der Waals surface area contributed by atoms with E-state index < -0.39 is 5.97 Å². The van der Waals surface area contributed by atoms with Crippen LogP contribution in [0, 0.1) is 0 Å². The zero-order chi connectivity index (χ0) is 8.27. The Morgan fingerprint density at radius 2 is 2.09 bits per heavy atom. The third-order valence-electron chi connectivity index (χ3n) is 1.08. The first-order valence-electron chi connectivity index (χ1n) is 2.96. The summed E-state index contributed by atoms with van der Waals surface area (Å²) < 4.78 is 0. The second kappa shape index (κ2) is 2.96. The van der Waals surface area contributed by atoms with Crippen molar-refractivity contribution < 1.29 is 9.90 Å². The fourth-order valence-corrected chi connectivity index (χ4v) is 0.631. The van der Waals surface area contributed by atoms with Gasteiger partial charge in [0.2, 0.25) is 5.95 Å². The zero-order valence-corrected chi connectivity index (χ0v) is 5.69. The van der Waals surface area contributed by atoms with Crippen LogP contribution in [-0.2, 0) is 11.2 Å². The van der Waals surface area contributed by atoms with Crippen LogP contribution < -0.4 is 5.73 Å². The molecule has 3 N–H and O–H groups in total. The number of hydrogen-bond acceptors (Lipinski definition) is 4. The van der Waals surface area contributed by atoms with Gasteiger partial charge in [-0.25, -0.2) is 9.97 Å². The van der Waals surface area contributed by atoms with Crippen LogP contribution >= 0.6 is 0 Å². The molecule has 1 rings (SSSR count). The molecule has 0 atom stereocenters. The van der Waals surface area contributed by atoms with Crippen LogP contribution in [0.3, 0.4) is 0 Å². The van der Waals surface area contributed by atoms with E-state index >= 15 is 0 Å². The number of anilines is 1. The van der Waals surface area contributed by atoms with Gasteiger partial charge < -0.3 is 10.8 Å². The summed E-state index contributed by atoms with van der Waals surface area (Å²) >= 11 is 0. The van der Waals surface area contributed by atoms with E-state index in [0.717, 1.165) is 0 Å². The molecule has 58 valence electrons. The quantitative estimate of drug-likeness (QED) is 0.608. The van der Waals surface area contributed by atoms with Crippen LogP contribution in [0.25, 0.3) is 0 Å². The van der Waals surface area contributed by atoms with Crippen LogP contribution in [0.15, 0.2) is 12.4 Å². The van der Waals surface area contributed by atoms with Gasteiger partial charge in [-0.05, 0) is 0 Å². The zero-order valence-electron chi connectivity index (χ0n) is 5.69. The van der Waals surface area contributed by atoms with Crippen molar-refractivity contribution in [2.24, 2.45) is 0 Å². The Morgan fingerprint density at radius 1 is 1.55 bits per heavy atom. The number of carboxylic acids is 1. The standard InChI is InChI=1S/C6H7N3O2/c7-6-8-2-4(3-9-6)1-5(10)11/h2-3H,1H2,(H,10,11)(H2,7,8,9). The van der Waals surface area contributed by atoms with E-state index in [9.17, 15) is 4.79 Å². The van der Waals surface area contributed by atoms with E-state index in [1.807, 2.05) is 0 Å². The van der Waals surface area contributed by atoms with E-state index in [1.54, 1.807) is 0 Å². The van der Waals surface area contributed by atoms with Crippen LogP contribution in [-0.4, -0.2) is 21.0 Å². The monoisotopic (exact) mass is 153 g/mol. The third-order valence-corrected chi connectivity index (χ3v) is 1.08. The Kier molecular flexibility index (Phi) is 2.00. The molecule has 5 nitrogen and oxygen atoms in total. The summed E-state index contributed by atoms with van der Waals surface area (Å²) in [5.74, 6) is -0.752. The SMILES string of the molecule is Nc1ncc(CC(=O)O)cn1. The lowest BCUT2D eigenvalue weighted by Crippen LogP contribution is -2.02. The smallest absolute Gasteiger partial charge is 0.307 e. The summed E-state index contributed by atoms with van der Waals surface area (Å²) in [6.45, 7) is 0. The average molecular weight is 153 g/mol. The van der Waals surface area contributed by atoms with Gasteiger partial charge in [-0.1, -0.05) is 0 Å². The van der Waals surface area contributed by atoms with Crippen molar-refractivity contribution in [2.75, 3.05) is 5.73 Å². The fourth-order valence-electron chi connectivity index (χ4n) is 0.631. The lowest BCUT2D eigenvalue weighted by Gasteiger charge is -1.94. The molecule has 0 spiro atoms. The minimum atomic E-state index is -0.904. The largest absolute Gasteiger partial charge is 0.481 e. The van der Waals surface area contributed by atoms with E-state index in [0.29, 0.717) is 5.56 Å². The normalized spacial score (nSPS) is 9.45. The summed E-state index contributed by atoms with van der Waals surface area (Å²) in [5, 5.41) is 8.35. The molecular weight excluding hydrogens is 146 g/mol. The first-order valence-corrected chi connectivity index (χ1v) is 2.96. The highest BCUT2D eigenvalue weighted by Gasteiger charge is 1.99. The molecule has 0 fully saturated rings. The molecule has 0 amide bonds. The Hall–Kier alpha value is -1.65. The predicted molar refractivity (Wildman–Crippen MR) is 37.8 cm³/mol. The fraction of sp³-hybridized carbons (Fsp3) is 0.167. The molecule has 5 heteroatoms. The molecule has 0 unspecified atom stereocenters. The molecule has 1 aromatic rings. The van der Waals surface area contributed by atoms with Gasteiger partial charge in [0.05, 0.1) is 6.42 Å². The molecule has 1 heterocycles. The molecule has 0 aromatic carbocycles. The summed E-state index contributed by atoms with van der Waals surface area (Å²) in [4.78, 5) is 17.4. The summed E-state index contributed by atoms with van der Waals surface area (Å²) in [6, 6.07) is 0. The highest BCUT2D eigenvalue weighted by molar-refractivity contribution is 5.69. The molecule has 0 aliphatic rings. The highest BCUT2D eigenvalue weighted by atomic mass is 16.4. The van der Waals surface area contributed by atoms with Gasteiger partial charge in [-0.2, -0.15) is 0 Å². The van der Waals surface area contributed by atoms with Crippen LogP contribution in [0.4, 0.5) is 5.95 Å². The van der Waals surface area contributed by atoms with Crippen molar-refractivity contribution in [1.82, 2.24) is 9.97 Å². The predicted octanol–water partition coefficient (Wildman–Crippen LogP) is -0.314. The Labute approximate surface area is 62.9 Å². The van der Waals surface area contributed by atoms with Gasteiger partial charge in [0.25, 0.3) is 0 Å². The topological polar surface area (TPSA) is 89.1 Å². The Morgan fingerprint density at radius 3 is 2.55 bits per heavy atom. The number of nitrogen functional groups attached to an aromatic ring is 1. The molecule has 0 saturated carbocycles. The van der Waals surface area contributed by atoms with Gasteiger partial charge >= 0.3 is 5.97 Å². The number of aromatic nitrogens is 2. The molecule has 0 radical (unpaired) electrons. The van der Waals surface area contributed by atoms with Crippen molar-refractivity contribution in [2.45, 2.75) is 6.42 Å². The number of nitrogens with zero attached hydrogens (tertiary/aromatic N) is 2. The first-order chi connectivity index (χ1) is 5.18.